The highest BCUT2D eigenvalue weighted by Gasteiger charge is 2.41. The Labute approximate surface area is 166 Å². The van der Waals surface area contributed by atoms with Gasteiger partial charge in [-0.15, -0.1) is 11.3 Å². The Hall–Kier alpha value is -3.00. The van der Waals surface area contributed by atoms with Crippen LogP contribution in [0, 0.1) is 13.8 Å². The topological polar surface area (TPSA) is 92.8 Å². The summed E-state index contributed by atoms with van der Waals surface area (Å²) in [5, 5.41) is 3.04. The standard InChI is InChI=1S/C20H20N2O5S/c1-5-27-20(26)15-10(2)12(4)28-17(15)21-16(23)11(3)22-18(24)13-8-6-7-9-14(13)19(22)25/h6-9,11H,5H2,1-4H3,(H,21,23)/t11-/m0/s1. The average molecular weight is 400 g/mol. The first-order valence-corrected chi connectivity index (χ1v) is 9.64. The van der Waals surface area contributed by atoms with Crippen molar-refractivity contribution in [1.29, 1.82) is 0 Å². The highest BCUT2D eigenvalue weighted by molar-refractivity contribution is 7.16. The fraction of sp³-hybridized carbons (Fsp3) is 0.300. The molecule has 0 radical (unpaired) electrons. The van der Waals surface area contributed by atoms with Gasteiger partial charge in [-0.25, -0.2) is 4.79 Å². The Kier molecular flexibility index (Phi) is 5.33. The SMILES string of the molecule is CCOC(=O)c1c(NC(=O)[C@H](C)N2C(=O)c3ccccc3C2=O)sc(C)c1C. The van der Waals surface area contributed by atoms with E-state index < -0.39 is 29.7 Å². The summed E-state index contributed by atoms with van der Waals surface area (Å²) in [4.78, 5) is 52.0. The summed E-state index contributed by atoms with van der Waals surface area (Å²) in [7, 11) is 0. The Morgan fingerprint density at radius 3 is 2.25 bits per heavy atom. The van der Waals surface area contributed by atoms with E-state index in [1.54, 1.807) is 38.1 Å². The number of aryl methyl sites for hydroxylation is 1. The maximum atomic E-state index is 12.8. The zero-order valence-corrected chi connectivity index (χ0v) is 16.8. The Morgan fingerprint density at radius 1 is 1.14 bits per heavy atom. The van der Waals surface area contributed by atoms with Gasteiger partial charge < -0.3 is 10.1 Å². The number of thiophene rings is 1. The number of hydrogen-bond donors (Lipinski definition) is 1. The number of benzene rings is 1. The first kappa shape index (κ1) is 19.8. The first-order chi connectivity index (χ1) is 13.3. The van der Waals surface area contributed by atoms with Gasteiger partial charge in [-0.3, -0.25) is 19.3 Å². The molecule has 0 aliphatic carbocycles. The molecule has 0 bridgehead atoms. The molecule has 0 spiro atoms. The molecule has 1 N–H and O–H groups in total. The van der Waals surface area contributed by atoms with Gasteiger partial charge in [-0.05, 0) is 45.4 Å². The molecule has 7 nitrogen and oxygen atoms in total. The van der Waals surface area contributed by atoms with Gasteiger partial charge in [0.05, 0.1) is 23.3 Å². The van der Waals surface area contributed by atoms with Crippen LogP contribution in [-0.2, 0) is 9.53 Å². The minimum atomic E-state index is -1.04. The van der Waals surface area contributed by atoms with E-state index in [1.807, 2.05) is 6.92 Å². The highest BCUT2D eigenvalue weighted by Crippen LogP contribution is 2.33. The lowest BCUT2D eigenvalue weighted by Gasteiger charge is -2.21. The fourth-order valence-electron chi connectivity index (χ4n) is 3.06. The van der Waals surface area contributed by atoms with Gasteiger partial charge in [0.1, 0.15) is 11.0 Å². The summed E-state index contributed by atoms with van der Waals surface area (Å²) in [5.74, 6) is -2.09. The smallest absolute Gasteiger partial charge is 0.341 e. The summed E-state index contributed by atoms with van der Waals surface area (Å²) in [6.07, 6.45) is 0. The van der Waals surface area contributed by atoms with E-state index in [1.165, 1.54) is 18.3 Å². The highest BCUT2D eigenvalue weighted by atomic mass is 32.1. The number of nitrogens with one attached hydrogen (secondary N) is 1. The molecule has 3 rings (SSSR count). The maximum absolute atomic E-state index is 12.8. The lowest BCUT2D eigenvalue weighted by Crippen LogP contribution is -2.45. The van der Waals surface area contributed by atoms with Crippen molar-refractivity contribution in [3.05, 3.63) is 51.4 Å². The Morgan fingerprint density at radius 2 is 1.71 bits per heavy atom. The number of nitrogens with zero attached hydrogens (tertiary/aromatic N) is 1. The molecular weight excluding hydrogens is 380 g/mol. The molecule has 0 unspecified atom stereocenters. The van der Waals surface area contributed by atoms with Crippen molar-refractivity contribution in [2.75, 3.05) is 11.9 Å². The summed E-state index contributed by atoms with van der Waals surface area (Å²) in [6, 6.07) is 5.42. The number of esters is 1. The van der Waals surface area contributed by atoms with Gasteiger partial charge in [-0.2, -0.15) is 0 Å². The summed E-state index contributed by atoms with van der Waals surface area (Å²) < 4.78 is 5.08. The number of anilines is 1. The summed E-state index contributed by atoms with van der Waals surface area (Å²) >= 11 is 1.25. The van der Waals surface area contributed by atoms with Crippen LogP contribution in [0.5, 0.6) is 0 Å². The molecule has 0 fully saturated rings. The van der Waals surface area contributed by atoms with E-state index in [-0.39, 0.29) is 17.7 Å². The van der Waals surface area contributed by atoms with Crippen LogP contribution >= 0.6 is 11.3 Å². The molecule has 1 aromatic carbocycles. The van der Waals surface area contributed by atoms with Crippen molar-refractivity contribution in [2.45, 2.75) is 33.7 Å². The van der Waals surface area contributed by atoms with Crippen LogP contribution in [0.15, 0.2) is 24.3 Å². The van der Waals surface area contributed by atoms with Crippen LogP contribution in [0.4, 0.5) is 5.00 Å². The summed E-state index contributed by atoms with van der Waals surface area (Å²) in [6.45, 7) is 7.02. The molecule has 1 atom stereocenters. The lowest BCUT2D eigenvalue weighted by molar-refractivity contribution is -0.119. The minimum Gasteiger partial charge on any atom is -0.462 e. The number of carbonyl (C=O) groups is 4. The zero-order chi connectivity index (χ0) is 20.6. The zero-order valence-electron chi connectivity index (χ0n) is 16.0. The van der Waals surface area contributed by atoms with Crippen molar-refractivity contribution >= 4 is 40.0 Å². The minimum absolute atomic E-state index is 0.214. The number of hydrogen-bond acceptors (Lipinski definition) is 6. The third-order valence-electron chi connectivity index (χ3n) is 4.69. The van der Waals surface area contributed by atoms with Gasteiger partial charge in [0, 0.05) is 4.88 Å². The van der Waals surface area contributed by atoms with Crippen LogP contribution in [0.25, 0.3) is 0 Å². The predicted molar refractivity (Wildman–Crippen MR) is 105 cm³/mol. The number of carbonyl (C=O) groups excluding carboxylic acids is 4. The van der Waals surface area contributed by atoms with Crippen LogP contribution in [0.2, 0.25) is 0 Å². The monoisotopic (exact) mass is 400 g/mol. The second kappa shape index (κ2) is 7.55. The Bertz CT molecular complexity index is 959. The number of amides is 3. The molecular formula is C20H20N2O5S. The third-order valence-corrected chi connectivity index (χ3v) is 5.82. The molecule has 28 heavy (non-hydrogen) atoms. The predicted octanol–water partition coefficient (Wildman–Crippen LogP) is 3.16. The molecule has 8 heteroatoms. The van der Waals surface area contributed by atoms with Crippen molar-refractivity contribution in [3.8, 4) is 0 Å². The van der Waals surface area contributed by atoms with Crippen molar-refractivity contribution in [2.24, 2.45) is 0 Å². The van der Waals surface area contributed by atoms with Gasteiger partial charge in [0.15, 0.2) is 0 Å². The number of fused-ring (bicyclic) bond motifs is 1. The third kappa shape index (κ3) is 3.20. The van der Waals surface area contributed by atoms with Crippen LogP contribution < -0.4 is 5.32 Å². The fourth-order valence-corrected chi connectivity index (χ4v) is 4.11. The molecule has 0 saturated heterocycles. The number of rotatable bonds is 5. The first-order valence-electron chi connectivity index (χ1n) is 8.82. The van der Waals surface area contributed by atoms with Crippen molar-refractivity contribution in [3.63, 3.8) is 0 Å². The van der Waals surface area contributed by atoms with E-state index in [2.05, 4.69) is 5.32 Å². The molecule has 2 aromatic rings. The molecule has 146 valence electrons. The molecule has 2 heterocycles. The van der Waals surface area contributed by atoms with E-state index in [0.29, 0.717) is 10.6 Å². The van der Waals surface area contributed by atoms with Gasteiger partial charge in [0.25, 0.3) is 11.8 Å². The molecule has 3 amide bonds. The van der Waals surface area contributed by atoms with Crippen LogP contribution in [0.3, 0.4) is 0 Å². The molecule has 1 aliphatic heterocycles. The second-order valence-corrected chi connectivity index (χ2v) is 7.62. The van der Waals surface area contributed by atoms with Gasteiger partial charge >= 0.3 is 5.97 Å². The lowest BCUT2D eigenvalue weighted by atomic mass is 10.1. The normalized spacial score (nSPS) is 14.1. The largest absolute Gasteiger partial charge is 0.462 e. The van der Waals surface area contributed by atoms with Crippen molar-refractivity contribution in [1.82, 2.24) is 4.90 Å². The maximum Gasteiger partial charge on any atom is 0.341 e. The second-order valence-electron chi connectivity index (χ2n) is 6.40. The molecule has 1 aliphatic rings. The average Bonchev–Trinajstić information content (AvgIpc) is 3.08. The van der Waals surface area contributed by atoms with Gasteiger partial charge in [0.2, 0.25) is 5.91 Å². The van der Waals surface area contributed by atoms with Crippen molar-refractivity contribution < 1.29 is 23.9 Å². The van der Waals surface area contributed by atoms with Gasteiger partial charge in [-0.1, -0.05) is 12.1 Å². The van der Waals surface area contributed by atoms with Crippen LogP contribution in [-0.4, -0.2) is 41.2 Å². The van der Waals surface area contributed by atoms with E-state index in [4.69, 9.17) is 4.74 Å². The quantitative estimate of drug-likeness (QED) is 0.615. The summed E-state index contributed by atoms with van der Waals surface area (Å²) in [5.41, 5.74) is 1.59. The van der Waals surface area contributed by atoms with E-state index in [9.17, 15) is 19.2 Å². The number of imide groups is 1. The molecule has 0 saturated carbocycles. The van der Waals surface area contributed by atoms with E-state index >= 15 is 0 Å². The Balaban J connectivity index is 1.85. The van der Waals surface area contributed by atoms with E-state index in [0.717, 1.165) is 15.3 Å². The molecule has 1 aromatic heterocycles. The van der Waals surface area contributed by atoms with Crippen LogP contribution in [0.1, 0.15) is 55.4 Å². The number of ether oxygens (including phenoxy) is 1.